The molecule has 0 amide bonds. The van der Waals surface area contributed by atoms with Crippen molar-refractivity contribution in [1.29, 1.82) is 0 Å². The van der Waals surface area contributed by atoms with Crippen molar-refractivity contribution in [3.05, 3.63) is 39.0 Å². The Kier molecular flexibility index (Phi) is 3.75. The normalized spacial score (nSPS) is 10.7. The summed E-state index contributed by atoms with van der Waals surface area (Å²) >= 11 is 5.72. The number of hydrogen-bond acceptors (Lipinski definition) is 5. The van der Waals surface area contributed by atoms with Crippen LogP contribution in [0.25, 0.3) is 5.82 Å². The molecule has 19 heavy (non-hydrogen) atoms. The zero-order valence-corrected chi connectivity index (χ0v) is 11.3. The highest BCUT2D eigenvalue weighted by Crippen LogP contribution is 2.23. The van der Waals surface area contributed by atoms with E-state index in [2.05, 4.69) is 15.1 Å². The number of nitrogens with zero attached hydrogens (tertiary/aromatic N) is 5. The zero-order valence-electron chi connectivity index (χ0n) is 10.5. The van der Waals surface area contributed by atoms with E-state index in [1.165, 1.54) is 4.68 Å². The third-order valence-electron chi connectivity index (χ3n) is 2.68. The van der Waals surface area contributed by atoms with Gasteiger partial charge in [-0.05, 0) is 30.5 Å². The van der Waals surface area contributed by atoms with Crippen LogP contribution in [0.2, 0.25) is 5.28 Å². The molecule has 8 heteroatoms. The van der Waals surface area contributed by atoms with Gasteiger partial charge in [0.2, 0.25) is 11.1 Å². The molecule has 0 saturated heterocycles. The highest BCUT2D eigenvalue weighted by Gasteiger charge is 2.21. The maximum Gasteiger partial charge on any atom is 0.331 e. The molecule has 2 aromatic heterocycles. The predicted octanol–water partition coefficient (Wildman–Crippen LogP) is 2.35. The summed E-state index contributed by atoms with van der Waals surface area (Å²) in [4.78, 5) is 18.1. The second kappa shape index (κ2) is 5.31. The average Bonchev–Trinajstić information content (AvgIpc) is 2.81. The molecule has 2 aromatic rings. The number of hydrogen-bond donors (Lipinski definition) is 0. The lowest BCUT2D eigenvalue weighted by atomic mass is 10.2. The number of nitro groups is 1. The van der Waals surface area contributed by atoms with Gasteiger partial charge in [-0.1, -0.05) is 13.8 Å². The second-order valence-electron chi connectivity index (χ2n) is 3.85. The van der Waals surface area contributed by atoms with E-state index in [4.69, 9.17) is 11.6 Å². The SMILES string of the molecule is CCc1cc(CC)n(-c2nc(Cl)ncc2[N+](=O)[O-])n1. The van der Waals surface area contributed by atoms with E-state index in [1.54, 1.807) is 0 Å². The first-order valence-corrected chi connectivity index (χ1v) is 6.19. The zero-order chi connectivity index (χ0) is 14.0. The van der Waals surface area contributed by atoms with Crippen molar-refractivity contribution >= 4 is 17.3 Å². The van der Waals surface area contributed by atoms with E-state index in [0.717, 1.165) is 24.0 Å². The van der Waals surface area contributed by atoms with E-state index >= 15 is 0 Å². The van der Waals surface area contributed by atoms with Gasteiger partial charge in [-0.25, -0.2) is 9.67 Å². The summed E-state index contributed by atoms with van der Waals surface area (Å²) in [5.74, 6) is 0.0987. The van der Waals surface area contributed by atoms with Crippen molar-refractivity contribution in [3.8, 4) is 5.82 Å². The number of halogens is 1. The van der Waals surface area contributed by atoms with Gasteiger partial charge in [-0.15, -0.1) is 0 Å². The van der Waals surface area contributed by atoms with Crippen molar-refractivity contribution in [2.45, 2.75) is 26.7 Å². The minimum atomic E-state index is -0.543. The third kappa shape index (κ3) is 2.55. The van der Waals surface area contributed by atoms with Gasteiger partial charge in [0.1, 0.15) is 6.20 Å². The Bertz CT molecular complexity index is 626. The molecule has 0 N–H and O–H groups in total. The molecule has 0 bridgehead atoms. The van der Waals surface area contributed by atoms with Crippen LogP contribution in [0.1, 0.15) is 25.2 Å². The van der Waals surface area contributed by atoms with Crippen molar-refractivity contribution in [1.82, 2.24) is 19.7 Å². The van der Waals surface area contributed by atoms with Crippen molar-refractivity contribution in [3.63, 3.8) is 0 Å². The Morgan fingerprint density at radius 2 is 2.16 bits per heavy atom. The molecular weight excluding hydrogens is 270 g/mol. The Labute approximate surface area is 114 Å². The summed E-state index contributed by atoms with van der Waals surface area (Å²) in [6.07, 6.45) is 2.52. The van der Waals surface area contributed by atoms with Crippen LogP contribution >= 0.6 is 11.6 Å². The molecule has 0 fully saturated rings. The van der Waals surface area contributed by atoms with Crippen molar-refractivity contribution in [2.24, 2.45) is 0 Å². The highest BCUT2D eigenvalue weighted by molar-refractivity contribution is 6.28. The Morgan fingerprint density at radius 1 is 1.42 bits per heavy atom. The van der Waals surface area contributed by atoms with E-state index in [9.17, 15) is 10.1 Å². The fourth-order valence-corrected chi connectivity index (χ4v) is 1.84. The van der Waals surface area contributed by atoms with Crippen LogP contribution in [0.4, 0.5) is 5.69 Å². The lowest BCUT2D eigenvalue weighted by Crippen LogP contribution is -2.08. The minimum Gasteiger partial charge on any atom is -0.258 e. The molecule has 0 spiro atoms. The van der Waals surface area contributed by atoms with Crippen LogP contribution in [0.3, 0.4) is 0 Å². The summed E-state index contributed by atoms with van der Waals surface area (Å²) in [5, 5.41) is 15.3. The molecule has 0 atom stereocenters. The molecule has 0 radical (unpaired) electrons. The van der Waals surface area contributed by atoms with Gasteiger partial charge in [0.05, 0.1) is 10.6 Å². The van der Waals surface area contributed by atoms with E-state index < -0.39 is 4.92 Å². The van der Waals surface area contributed by atoms with E-state index in [-0.39, 0.29) is 16.8 Å². The molecule has 0 aliphatic rings. The lowest BCUT2D eigenvalue weighted by Gasteiger charge is -2.05. The summed E-state index contributed by atoms with van der Waals surface area (Å²) in [6, 6.07) is 1.90. The quantitative estimate of drug-likeness (QED) is 0.488. The first-order chi connectivity index (χ1) is 9.06. The summed E-state index contributed by atoms with van der Waals surface area (Å²) < 4.78 is 1.46. The molecule has 0 aromatic carbocycles. The van der Waals surface area contributed by atoms with Crippen molar-refractivity contribution < 1.29 is 4.92 Å². The second-order valence-corrected chi connectivity index (χ2v) is 4.19. The van der Waals surface area contributed by atoms with Gasteiger partial charge in [0.25, 0.3) is 0 Å². The summed E-state index contributed by atoms with van der Waals surface area (Å²) in [7, 11) is 0. The standard InChI is InChI=1S/C11H12ClN5O2/c1-3-7-5-8(4-2)16(15-7)10-9(17(18)19)6-13-11(12)14-10/h5-6H,3-4H2,1-2H3. The number of rotatable bonds is 4. The lowest BCUT2D eigenvalue weighted by molar-refractivity contribution is -0.385. The molecule has 0 aliphatic carbocycles. The summed E-state index contributed by atoms with van der Waals surface area (Å²) in [6.45, 7) is 3.91. The third-order valence-corrected chi connectivity index (χ3v) is 2.86. The maximum atomic E-state index is 11.0. The molecule has 0 unspecified atom stereocenters. The molecule has 0 saturated carbocycles. The van der Waals surface area contributed by atoms with Crippen LogP contribution in [-0.4, -0.2) is 24.7 Å². The smallest absolute Gasteiger partial charge is 0.258 e. The van der Waals surface area contributed by atoms with Crippen LogP contribution < -0.4 is 0 Å². The average molecular weight is 282 g/mol. The first-order valence-electron chi connectivity index (χ1n) is 5.81. The molecule has 7 nitrogen and oxygen atoms in total. The monoisotopic (exact) mass is 281 g/mol. The van der Waals surface area contributed by atoms with Crippen LogP contribution in [-0.2, 0) is 12.8 Å². The molecule has 2 rings (SSSR count). The number of aromatic nitrogens is 4. The topological polar surface area (TPSA) is 86.7 Å². The van der Waals surface area contributed by atoms with Gasteiger partial charge in [-0.2, -0.15) is 10.1 Å². The molecule has 0 aliphatic heterocycles. The van der Waals surface area contributed by atoms with E-state index in [0.29, 0.717) is 6.42 Å². The Hall–Kier alpha value is -2.02. The van der Waals surface area contributed by atoms with Gasteiger partial charge >= 0.3 is 5.69 Å². The van der Waals surface area contributed by atoms with Gasteiger partial charge in [0, 0.05) is 5.69 Å². The molecule has 2 heterocycles. The van der Waals surface area contributed by atoms with Crippen molar-refractivity contribution in [2.75, 3.05) is 0 Å². The van der Waals surface area contributed by atoms with Gasteiger partial charge in [0.15, 0.2) is 0 Å². The largest absolute Gasteiger partial charge is 0.331 e. The fraction of sp³-hybridized carbons (Fsp3) is 0.364. The predicted molar refractivity (Wildman–Crippen MR) is 69.6 cm³/mol. The van der Waals surface area contributed by atoms with Gasteiger partial charge < -0.3 is 0 Å². The molecular formula is C11H12ClN5O2. The summed E-state index contributed by atoms with van der Waals surface area (Å²) in [5.41, 5.74) is 1.47. The Morgan fingerprint density at radius 3 is 2.74 bits per heavy atom. The van der Waals surface area contributed by atoms with Crippen LogP contribution in [0.5, 0.6) is 0 Å². The molecule has 100 valence electrons. The highest BCUT2D eigenvalue weighted by atomic mass is 35.5. The van der Waals surface area contributed by atoms with E-state index in [1.807, 2.05) is 19.9 Å². The maximum absolute atomic E-state index is 11.0. The van der Waals surface area contributed by atoms with Crippen LogP contribution in [0, 0.1) is 10.1 Å². The first kappa shape index (κ1) is 13.4. The minimum absolute atomic E-state index is 0.0452. The van der Waals surface area contributed by atoms with Gasteiger partial charge in [-0.3, -0.25) is 10.1 Å². The van der Waals surface area contributed by atoms with Crippen LogP contribution in [0.15, 0.2) is 12.3 Å². The number of aryl methyl sites for hydroxylation is 2. The Balaban J connectivity index is 2.66. The fourth-order valence-electron chi connectivity index (χ4n) is 1.71.